The van der Waals surface area contributed by atoms with E-state index in [9.17, 15) is 0 Å². The van der Waals surface area contributed by atoms with E-state index in [-0.39, 0.29) is 12.1 Å². The summed E-state index contributed by atoms with van der Waals surface area (Å²) in [5.74, 6) is 1.44. The van der Waals surface area contributed by atoms with Gasteiger partial charge in [-0.2, -0.15) is 0 Å². The van der Waals surface area contributed by atoms with Crippen molar-refractivity contribution in [2.75, 3.05) is 40.5 Å². The maximum absolute atomic E-state index is 5.87. The maximum atomic E-state index is 5.87. The quantitative estimate of drug-likeness (QED) is 0.884. The highest BCUT2D eigenvalue weighted by molar-refractivity contribution is 5.43. The Bertz CT molecular complexity index is 437. The molecule has 2 rings (SSSR count). The summed E-state index contributed by atoms with van der Waals surface area (Å²) in [7, 11) is 3.73. The Labute approximate surface area is 120 Å². The average Bonchev–Trinajstić information content (AvgIpc) is 2.45. The fourth-order valence-corrected chi connectivity index (χ4v) is 2.24. The van der Waals surface area contributed by atoms with E-state index in [1.807, 2.05) is 25.1 Å². The summed E-state index contributed by atoms with van der Waals surface area (Å²) in [5.41, 5.74) is 6.90. The first-order chi connectivity index (χ1) is 9.60. The third kappa shape index (κ3) is 3.85. The molecule has 20 heavy (non-hydrogen) atoms. The van der Waals surface area contributed by atoms with E-state index in [4.69, 9.17) is 19.9 Å². The van der Waals surface area contributed by atoms with Gasteiger partial charge in [-0.1, -0.05) is 6.07 Å². The lowest BCUT2D eigenvalue weighted by molar-refractivity contribution is -0.0406. The molecular formula is C15H24N2O3. The van der Waals surface area contributed by atoms with Crippen LogP contribution in [0.2, 0.25) is 0 Å². The van der Waals surface area contributed by atoms with Crippen LogP contribution >= 0.6 is 0 Å². The lowest BCUT2D eigenvalue weighted by Crippen LogP contribution is -2.42. The summed E-state index contributed by atoms with van der Waals surface area (Å²) in [6.07, 6.45) is 0.103. The van der Waals surface area contributed by atoms with E-state index in [0.717, 1.165) is 31.0 Å². The van der Waals surface area contributed by atoms with Gasteiger partial charge in [0.1, 0.15) is 12.7 Å². The minimum atomic E-state index is -0.0201. The maximum Gasteiger partial charge on any atom is 0.161 e. The fraction of sp³-hybridized carbons (Fsp3) is 0.600. The zero-order valence-corrected chi connectivity index (χ0v) is 12.5. The Kier molecular flexibility index (Phi) is 5.23. The Balaban J connectivity index is 1.98. The van der Waals surface area contributed by atoms with Gasteiger partial charge in [0.25, 0.3) is 0 Å². The predicted octanol–water partition coefficient (Wildman–Crippen LogP) is 1.42. The molecule has 0 radical (unpaired) electrons. The molecule has 1 aromatic rings. The molecule has 5 nitrogen and oxygen atoms in total. The van der Waals surface area contributed by atoms with Crippen molar-refractivity contribution in [2.45, 2.75) is 19.1 Å². The number of methoxy groups -OCH3 is 1. The van der Waals surface area contributed by atoms with E-state index in [1.54, 1.807) is 7.11 Å². The number of benzene rings is 1. The van der Waals surface area contributed by atoms with Crippen molar-refractivity contribution in [2.24, 2.45) is 5.73 Å². The van der Waals surface area contributed by atoms with E-state index < -0.39 is 0 Å². The van der Waals surface area contributed by atoms with Gasteiger partial charge in [0, 0.05) is 19.1 Å². The van der Waals surface area contributed by atoms with Crippen LogP contribution in [0.1, 0.15) is 18.5 Å². The molecule has 0 bridgehead atoms. The summed E-state index contributed by atoms with van der Waals surface area (Å²) >= 11 is 0. The molecule has 1 aliphatic heterocycles. The fourth-order valence-electron chi connectivity index (χ4n) is 2.24. The van der Waals surface area contributed by atoms with Crippen molar-refractivity contribution < 1.29 is 14.2 Å². The lowest BCUT2D eigenvalue weighted by atomic mass is 10.1. The SMILES string of the molecule is COc1cc([C@H](C)N)ccc1OCC1CN(C)CCO1. The first kappa shape index (κ1) is 15.1. The minimum absolute atomic E-state index is 0.0201. The van der Waals surface area contributed by atoms with E-state index in [0.29, 0.717) is 12.4 Å². The van der Waals surface area contributed by atoms with Crippen LogP contribution in [0.3, 0.4) is 0 Å². The van der Waals surface area contributed by atoms with Gasteiger partial charge in [-0.3, -0.25) is 0 Å². The van der Waals surface area contributed by atoms with Crippen LogP contribution in [-0.2, 0) is 4.74 Å². The molecule has 1 saturated heterocycles. The second kappa shape index (κ2) is 6.92. The topological polar surface area (TPSA) is 57.0 Å². The summed E-state index contributed by atoms with van der Waals surface area (Å²) in [6, 6.07) is 5.78. The third-order valence-corrected chi connectivity index (χ3v) is 3.48. The highest BCUT2D eigenvalue weighted by Crippen LogP contribution is 2.30. The van der Waals surface area contributed by atoms with Crippen LogP contribution in [0, 0.1) is 0 Å². The van der Waals surface area contributed by atoms with Crippen LogP contribution < -0.4 is 15.2 Å². The van der Waals surface area contributed by atoms with E-state index in [1.165, 1.54) is 0 Å². The number of hydrogen-bond donors (Lipinski definition) is 1. The molecule has 1 aromatic carbocycles. The van der Waals surface area contributed by atoms with Crippen molar-refractivity contribution in [3.63, 3.8) is 0 Å². The third-order valence-electron chi connectivity index (χ3n) is 3.48. The Morgan fingerprint density at radius 1 is 1.45 bits per heavy atom. The Hall–Kier alpha value is -1.30. The van der Waals surface area contributed by atoms with Crippen LogP contribution in [0.25, 0.3) is 0 Å². The second-order valence-electron chi connectivity index (χ2n) is 5.27. The molecule has 0 aliphatic carbocycles. The van der Waals surface area contributed by atoms with Gasteiger partial charge < -0.3 is 24.8 Å². The van der Waals surface area contributed by atoms with Crippen molar-refractivity contribution in [3.8, 4) is 11.5 Å². The van der Waals surface area contributed by atoms with Crippen LogP contribution in [0.15, 0.2) is 18.2 Å². The first-order valence-electron chi connectivity index (χ1n) is 6.96. The summed E-state index contributed by atoms with van der Waals surface area (Å²) < 4.78 is 16.9. The van der Waals surface area contributed by atoms with Gasteiger partial charge in [-0.05, 0) is 31.7 Å². The molecule has 2 atom stereocenters. The minimum Gasteiger partial charge on any atom is -0.493 e. The lowest BCUT2D eigenvalue weighted by Gasteiger charge is -2.30. The molecule has 0 spiro atoms. The van der Waals surface area contributed by atoms with Gasteiger partial charge in [-0.15, -0.1) is 0 Å². The number of morpholine rings is 1. The predicted molar refractivity (Wildman–Crippen MR) is 78.3 cm³/mol. The second-order valence-corrected chi connectivity index (χ2v) is 5.27. The van der Waals surface area contributed by atoms with Crippen molar-refractivity contribution in [1.29, 1.82) is 0 Å². The number of nitrogens with zero attached hydrogens (tertiary/aromatic N) is 1. The van der Waals surface area contributed by atoms with Gasteiger partial charge in [0.05, 0.1) is 13.7 Å². The van der Waals surface area contributed by atoms with Gasteiger partial charge in [0.2, 0.25) is 0 Å². The van der Waals surface area contributed by atoms with Gasteiger partial charge in [0.15, 0.2) is 11.5 Å². The summed E-state index contributed by atoms with van der Waals surface area (Å²) in [6.45, 7) is 5.09. The van der Waals surface area contributed by atoms with Gasteiger partial charge >= 0.3 is 0 Å². The highest BCUT2D eigenvalue weighted by atomic mass is 16.5. The number of ether oxygens (including phenoxy) is 3. The summed E-state index contributed by atoms with van der Waals surface area (Å²) in [4.78, 5) is 2.24. The highest BCUT2D eigenvalue weighted by Gasteiger charge is 2.19. The van der Waals surface area contributed by atoms with E-state index >= 15 is 0 Å². The molecule has 1 heterocycles. The number of rotatable bonds is 5. The Morgan fingerprint density at radius 3 is 2.90 bits per heavy atom. The molecule has 1 fully saturated rings. The molecule has 0 saturated carbocycles. The molecule has 1 unspecified atom stereocenters. The molecular weight excluding hydrogens is 256 g/mol. The molecule has 5 heteroatoms. The van der Waals surface area contributed by atoms with Crippen molar-refractivity contribution in [3.05, 3.63) is 23.8 Å². The normalized spacial score (nSPS) is 21.5. The Morgan fingerprint density at radius 2 is 2.25 bits per heavy atom. The standard InChI is InChI=1S/C15H24N2O3/c1-11(16)12-4-5-14(15(8-12)18-3)20-10-13-9-17(2)6-7-19-13/h4-5,8,11,13H,6-7,9-10,16H2,1-3H3/t11-,13?/m0/s1. The number of nitrogens with two attached hydrogens (primary N) is 1. The van der Waals surface area contributed by atoms with Crippen LogP contribution in [0.5, 0.6) is 11.5 Å². The van der Waals surface area contributed by atoms with Crippen molar-refractivity contribution in [1.82, 2.24) is 4.90 Å². The van der Waals surface area contributed by atoms with Crippen LogP contribution in [-0.4, -0.2) is 51.5 Å². The molecule has 1 aliphatic rings. The largest absolute Gasteiger partial charge is 0.493 e. The molecule has 112 valence electrons. The first-order valence-corrected chi connectivity index (χ1v) is 6.96. The average molecular weight is 280 g/mol. The summed E-state index contributed by atoms with van der Waals surface area (Å²) in [5, 5.41) is 0. The smallest absolute Gasteiger partial charge is 0.161 e. The van der Waals surface area contributed by atoms with Gasteiger partial charge in [-0.25, -0.2) is 0 Å². The zero-order valence-electron chi connectivity index (χ0n) is 12.5. The molecule has 0 amide bonds. The van der Waals surface area contributed by atoms with Crippen LogP contribution in [0.4, 0.5) is 0 Å². The molecule has 2 N–H and O–H groups in total. The van der Waals surface area contributed by atoms with E-state index in [2.05, 4.69) is 11.9 Å². The van der Waals surface area contributed by atoms with Crippen molar-refractivity contribution >= 4 is 0 Å². The molecule has 0 aromatic heterocycles. The monoisotopic (exact) mass is 280 g/mol. The number of likely N-dealkylation sites (N-methyl/N-ethyl adjacent to an activating group) is 1. The number of hydrogen-bond acceptors (Lipinski definition) is 5. The zero-order chi connectivity index (χ0) is 14.5.